The molecule has 0 unspecified atom stereocenters. The maximum atomic E-state index is 14.0. The predicted molar refractivity (Wildman–Crippen MR) is 129 cm³/mol. The Labute approximate surface area is 206 Å². The summed E-state index contributed by atoms with van der Waals surface area (Å²) in [6.45, 7) is 3.28. The lowest BCUT2D eigenvalue weighted by molar-refractivity contribution is -0.130. The average molecular weight is 509 g/mol. The monoisotopic (exact) mass is 507 g/mol. The summed E-state index contributed by atoms with van der Waals surface area (Å²) in [7, 11) is 0. The highest BCUT2D eigenvalue weighted by atomic mass is 35.5. The van der Waals surface area contributed by atoms with Crippen LogP contribution >= 0.6 is 34.8 Å². The number of aromatic nitrogens is 1. The predicted octanol–water partition coefficient (Wildman–Crippen LogP) is 5.33. The van der Waals surface area contributed by atoms with E-state index in [1.807, 2.05) is 29.7 Å². The molecule has 0 radical (unpaired) electrons. The lowest BCUT2D eigenvalue weighted by Gasteiger charge is -2.35. The first kappa shape index (κ1) is 23.6. The molecule has 0 atom stereocenters. The second-order valence-electron chi connectivity index (χ2n) is 7.77. The molecule has 0 N–H and O–H groups in total. The van der Waals surface area contributed by atoms with Gasteiger partial charge in [0, 0.05) is 42.6 Å². The Morgan fingerprint density at radius 2 is 1.58 bits per heavy atom. The number of alkyl halides is 2. The van der Waals surface area contributed by atoms with Gasteiger partial charge in [-0.15, -0.1) is 0 Å². The number of hydrogen-bond acceptors (Lipinski definition) is 2. The Morgan fingerprint density at radius 1 is 0.939 bits per heavy atom. The summed E-state index contributed by atoms with van der Waals surface area (Å²) in [5.74, 6) is -0.879. The zero-order chi connectivity index (χ0) is 23.7. The highest BCUT2D eigenvalue weighted by molar-refractivity contribution is 6.53. The van der Waals surface area contributed by atoms with E-state index in [9.17, 15) is 14.0 Å². The van der Waals surface area contributed by atoms with E-state index in [2.05, 4.69) is 0 Å². The van der Waals surface area contributed by atoms with Crippen LogP contribution < -0.4 is 0 Å². The van der Waals surface area contributed by atoms with Crippen LogP contribution in [0.4, 0.5) is 4.39 Å². The van der Waals surface area contributed by atoms with Crippen molar-refractivity contribution in [3.63, 3.8) is 0 Å². The summed E-state index contributed by atoms with van der Waals surface area (Å²) >= 11 is 17.4. The Balaban J connectivity index is 1.69. The second-order valence-corrected chi connectivity index (χ2v) is 9.30. The molecule has 2 amide bonds. The van der Waals surface area contributed by atoms with Gasteiger partial charge in [0.05, 0.1) is 11.3 Å². The highest BCUT2D eigenvalue weighted by Crippen LogP contribution is 2.31. The minimum Gasteiger partial charge on any atom is -0.337 e. The molecular formula is C24H21Cl3FN3O2. The molecule has 1 fully saturated rings. The third-order valence-corrected chi connectivity index (χ3v) is 6.37. The van der Waals surface area contributed by atoms with Crippen LogP contribution in [0.25, 0.3) is 16.9 Å². The third kappa shape index (κ3) is 4.88. The standard InChI is InChI=1S/C24H21Cl3FN3O2/c1-15-20(23(32)29-9-11-30(12-10-29)24(33)22(26)27)14-21(16-5-7-17(25)8-6-16)31(15)19-4-2-3-18(28)13-19/h2-8,13-14,22H,9-12H2,1H3. The summed E-state index contributed by atoms with van der Waals surface area (Å²) < 4.78 is 15.9. The molecule has 0 saturated carbocycles. The Morgan fingerprint density at radius 3 is 2.18 bits per heavy atom. The maximum Gasteiger partial charge on any atom is 0.255 e. The van der Waals surface area contributed by atoms with Crippen molar-refractivity contribution in [1.82, 2.24) is 14.4 Å². The van der Waals surface area contributed by atoms with Crippen molar-refractivity contribution in [3.05, 3.63) is 76.7 Å². The molecule has 9 heteroatoms. The molecule has 33 heavy (non-hydrogen) atoms. The van der Waals surface area contributed by atoms with Gasteiger partial charge in [0.1, 0.15) is 5.82 Å². The normalized spacial score (nSPS) is 14.1. The molecule has 4 rings (SSSR count). The number of rotatable bonds is 4. The topological polar surface area (TPSA) is 45.6 Å². The van der Waals surface area contributed by atoms with Crippen LogP contribution in [-0.4, -0.2) is 57.2 Å². The SMILES string of the molecule is Cc1c(C(=O)N2CCN(C(=O)C(Cl)Cl)CC2)cc(-c2ccc(Cl)cc2)n1-c1cccc(F)c1. The van der Waals surface area contributed by atoms with Crippen LogP contribution in [0.5, 0.6) is 0 Å². The maximum absolute atomic E-state index is 14.0. The van der Waals surface area contributed by atoms with Gasteiger partial charge in [-0.2, -0.15) is 0 Å². The van der Waals surface area contributed by atoms with E-state index < -0.39 is 4.84 Å². The Hall–Kier alpha value is -2.54. The fourth-order valence-corrected chi connectivity index (χ4v) is 4.44. The van der Waals surface area contributed by atoms with Crippen molar-refractivity contribution in [2.24, 2.45) is 0 Å². The Kier molecular flexibility index (Phi) is 6.98. The van der Waals surface area contributed by atoms with Gasteiger partial charge in [-0.05, 0) is 48.9 Å². The molecular weight excluding hydrogens is 488 g/mol. The zero-order valence-corrected chi connectivity index (χ0v) is 20.0. The molecule has 1 saturated heterocycles. The summed E-state index contributed by atoms with van der Waals surface area (Å²) in [6, 6.07) is 15.3. The quantitative estimate of drug-likeness (QED) is 0.447. The van der Waals surface area contributed by atoms with E-state index in [1.165, 1.54) is 12.1 Å². The largest absolute Gasteiger partial charge is 0.337 e. The van der Waals surface area contributed by atoms with Gasteiger partial charge in [-0.3, -0.25) is 9.59 Å². The van der Waals surface area contributed by atoms with Crippen LogP contribution in [0.3, 0.4) is 0 Å². The molecule has 5 nitrogen and oxygen atoms in total. The van der Waals surface area contributed by atoms with E-state index in [1.54, 1.807) is 34.1 Å². The number of amides is 2. The number of nitrogens with zero attached hydrogens (tertiary/aromatic N) is 3. The minimum atomic E-state index is -1.11. The summed E-state index contributed by atoms with van der Waals surface area (Å²) in [6.07, 6.45) is 0. The first-order valence-electron chi connectivity index (χ1n) is 10.4. The lowest BCUT2D eigenvalue weighted by atomic mass is 10.1. The van der Waals surface area contributed by atoms with Gasteiger partial charge in [-0.1, -0.05) is 53.0 Å². The number of carbonyl (C=O) groups excluding carboxylic acids is 2. The molecule has 1 aliphatic heterocycles. The number of hydrogen-bond donors (Lipinski definition) is 0. The van der Waals surface area contributed by atoms with Crippen molar-refractivity contribution in [1.29, 1.82) is 0 Å². The van der Waals surface area contributed by atoms with E-state index in [-0.39, 0.29) is 17.6 Å². The van der Waals surface area contributed by atoms with Crippen LogP contribution in [0.2, 0.25) is 5.02 Å². The number of piperazine rings is 1. The van der Waals surface area contributed by atoms with Gasteiger partial charge >= 0.3 is 0 Å². The number of halogens is 4. The second kappa shape index (κ2) is 9.75. The van der Waals surface area contributed by atoms with Crippen LogP contribution in [-0.2, 0) is 4.79 Å². The fraction of sp³-hybridized carbons (Fsp3) is 0.250. The van der Waals surface area contributed by atoms with Crippen LogP contribution in [0.1, 0.15) is 16.1 Å². The fourth-order valence-electron chi connectivity index (χ4n) is 4.04. The van der Waals surface area contributed by atoms with Gasteiger partial charge in [0.2, 0.25) is 0 Å². The highest BCUT2D eigenvalue weighted by Gasteiger charge is 2.29. The van der Waals surface area contributed by atoms with Gasteiger partial charge in [0.15, 0.2) is 4.84 Å². The summed E-state index contributed by atoms with van der Waals surface area (Å²) in [5, 5.41) is 0.596. The number of benzene rings is 2. The average Bonchev–Trinajstić information content (AvgIpc) is 3.15. The lowest BCUT2D eigenvalue weighted by Crippen LogP contribution is -2.51. The smallest absolute Gasteiger partial charge is 0.255 e. The summed E-state index contributed by atoms with van der Waals surface area (Å²) in [5.41, 5.74) is 3.41. The van der Waals surface area contributed by atoms with Gasteiger partial charge < -0.3 is 14.4 Å². The molecule has 172 valence electrons. The van der Waals surface area contributed by atoms with Crippen molar-refractivity contribution < 1.29 is 14.0 Å². The molecule has 3 aromatic rings. The first-order valence-corrected chi connectivity index (χ1v) is 11.6. The van der Waals surface area contributed by atoms with Crippen LogP contribution in [0.15, 0.2) is 54.6 Å². The Bertz CT molecular complexity index is 1190. The van der Waals surface area contributed by atoms with E-state index in [0.29, 0.717) is 48.1 Å². The van der Waals surface area contributed by atoms with Crippen molar-refractivity contribution >= 4 is 46.6 Å². The molecule has 0 aliphatic carbocycles. The van der Waals surface area contributed by atoms with Crippen molar-refractivity contribution in [2.45, 2.75) is 11.8 Å². The molecule has 1 aromatic heterocycles. The first-order chi connectivity index (χ1) is 15.8. The number of carbonyl (C=O) groups is 2. The molecule has 0 spiro atoms. The summed E-state index contributed by atoms with van der Waals surface area (Å²) in [4.78, 5) is 27.6. The van der Waals surface area contributed by atoms with Gasteiger partial charge in [0.25, 0.3) is 11.8 Å². The van der Waals surface area contributed by atoms with E-state index >= 15 is 0 Å². The van der Waals surface area contributed by atoms with Gasteiger partial charge in [-0.25, -0.2) is 4.39 Å². The van der Waals surface area contributed by atoms with Crippen LogP contribution in [0, 0.1) is 12.7 Å². The third-order valence-electron chi connectivity index (χ3n) is 5.75. The minimum absolute atomic E-state index is 0.154. The molecule has 2 aromatic carbocycles. The van der Waals surface area contributed by atoms with E-state index in [4.69, 9.17) is 34.8 Å². The van der Waals surface area contributed by atoms with Crippen molar-refractivity contribution in [2.75, 3.05) is 26.2 Å². The van der Waals surface area contributed by atoms with E-state index in [0.717, 1.165) is 11.3 Å². The molecule has 0 bridgehead atoms. The molecule has 2 heterocycles. The zero-order valence-electron chi connectivity index (χ0n) is 17.8. The molecule has 1 aliphatic rings. The van der Waals surface area contributed by atoms with Crippen molar-refractivity contribution in [3.8, 4) is 16.9 Å².